The average molecular weight is 260 g/mol. The Hall–Kier alpha value is -0.630. The van der Waals surface area contributed by atoms with Gasteiger partial charge in [-0.05, 0) is 13.8 Å². The maximum absolute atomic E-state index is 9.64. The fraction of sp³-hybridized carbons (Fsp3) is 0.800. The molecule has 1 unspecified atom stereocenters. The summed E-state index contributed by atoms with van der Waals surface area (Å²) in [6, 6.07) is 0. The van der Waals surface area contributed by atoms with Gasteiger partial charge in [-0.25, -0.2) is 0 Å². The first-order valence-corrected chi connectivity index (χ1v) is 6.66. The molecule has 7 heteroatoms. The second kappa shape index (κ2) is 7.65. The van der Waals surface area contributed by atoms with Gasteiger partial charge in [-0.2, -0.15) is 0 Å². The molecule has 1 aromatic heterocycles. The Morgan fingerprint density at radius 1 is 1.53 bits per heavy atom. The van der Waals surface area contributed by atoms with Gasteiger partial charge in [0.1, 0.15) is 5.82 Å². The van der Waals surface area contributed by atoms with Crippen LogP contribution >= 0.6 is 11.8 Å². The van der Waals surface area contributed by atoms with Gasteiger partial charge in [0.2, 0.25) is 0 Å². The highest BCUT2D eigenvalue weighted by molar-refractivity contribution is 7.99. The van der Waals surface area contributed by atoms with Crippen LogP contribution in [-0.4, -0.2) is 51.5 Å². The lowest BCUT2D eigenvalue weighted by Crippen LogP contribution is -2.18. The highest BCUT2D eigenvalue weighted by Crippen LogP contribution is 2.17. The van der Waals surface area contributed by atoms with E-state index in [0.717, 1.165) is 11.0 Å². The summed E-state index contributed by atoms with van der Waals surface area (Å²) in [5, 5.41) is 18.5. The second-order valence-corrected chi connectivity index (χ2v) is 4.58. The van der Waals surface area contributed by atoms with Crippen molar-refractivity contribution in [2.24, 2.45) is 5.73 Å². The van der Waals surface area contributed by atoms with Gasteiger partial charge in [0.05, 0.1) is 12.7 Å². The highest BCUT2D eigenvalue weighted by atomic mass is 32.2. The molecule has 6 nitrogen and oxygen atoms in total. The molecule has 1 rings (SSSR count). The van der Waals surface area contributed by atoms with Crippen molar-refractivity contribution in [3.63, 3.8) is 0 Å². The van der Waals surface area contributed by atoms with Crippen LogP contribution in [0.15, 0.2) is 5.16 Å². The second-order valence-electron chi connectivity index (χ2n) is 3.59. The van der Waals surface area contributed by atoms with Crippen molar-refractivity contribution in [3.05, 3.63) is 5.82 Å². The molecule has 0 bridgehead atoms. The molecule has 0 aromatic carbocycles. The largest absolute Gasteiger partial charge is 0.390 e. The maximum atomic E-state index is 9.64. The van der Waals surface area contributed by atoms with Crippen LogP contribution in [0.5, 0.6) is 0 Å². The number of hydrogen-bond acceptors (Lipinski definition) is 6. The van der Waals surface area contributed by atoms with Gasteiger partial charge >= 0.3 is 0 Å². The SMILES string of the molecule is CCOCC(O)CSc1nnc(C)n1CCN. The fourth-order valence-corrected chi connectivity index (χ4v) is 2.24. The Balaban J connectivity index is 2.45. The molecule has 1 aromatic rings. The fourth-order valence-electron chi connectivity index (χ4n) is 1.33. The normalized spacial score (nSPS) is 12.9. The van der Waals surface area contributed by atoms with E-state index in [2.05, 4.69) is 10.2 Å². The lowest BCUT2D eigenvalue weighted by molar-refractivity contribution is 0.0551. The van der Waals surface area contributed by atoms with Gasteiger partial charge < -0.3 is 20.1 Å². The lowest BCUT2D eigenvalue weighted by Gasteiger charge is -2.10. The van der Waals surface area contributed by atoms with E-state index in [4.69, 9.17) is 10.5 Å². The number of nitrogens with zero attached hydrogens (tertiary/aromatic N) is 3. The van der Waals surface area contributed by atoms with Crippen LogP contribution in [-0.2, 0) is 11.3 Å². The number of ether oxygens (including phenoxy) is 1. The summed E-state index contributed by atoms with van der Waals surface area (Å²) in [5.74, 6) is 1.39. The molecule has 98 valence electrons. The number of nitrogens with two attached hydrogens (primary N) is 1. The molecule has 0 aliphatic carbocycles. The molecular formula is C10H20N4O2S. The van der Waals surface area contributed by atoms with Crippen molar-refractivity contribution in [2.75, 3.05) is 25.5 Å². The Morgan fingerprint density at radius 3 is 2.94 bits per heavy atom. The van der Waals surface area contributed by atoms with E-state index >= 15 is 0 Å². The summed E-state index contributed by atoms with van der Waals surface area (Å²) in [6.45, 7) is 6.01. The van der Waals surface area contributed by atoms with Gasteiger partial charge in [-0.3, -0.25) is 0 Å². The van der Waals surface area contributed by atoms with E-state index in [1.54, 1.807) is 0 Å². The molecule has 0 fully saturated rings. The first kappa shape index (κ1) is 14.4. The van der Waals surface area contributed by atoms with E-state index in [1.165, 1.54) is 11.8 Å². The van der Waals surface area contributed by atoms with E-state index < -0.39 is 6.10 Å². The van der Waals surface area contributed by atoms with Crippen LogP contribution in [0.3, 0.4) is 0 Å². The lowest BCUT2D eigenvalue weighted by atomic mass is 10.4. The smallest absolute Gasteiger partial charge is 0.191 e. The van der Waals surface area contributed by atoms with Crippen LogP contribution in [0.1, 0.15) is 12.7 Å². The summed E-state index contributed by atoms with van der Waals surface area (Å²) in [7, 11) is 0. The Labute approximate surface area is 106 Å². The zero-order valence-electron chi connectivity index (χ0n) is 10.3. The molecule has 0 saturated heterocycles. The molecule has 17 heavy (non-hydrogen) atoms. The molecule has 0 saturated carbocycles. The van der Waals surface area contributed by atoms with Crippen molar-refractivity contribution < 1.29 is 9.84 Å². The number of aromatic nitrogens is 3. The first-order valence-electron chi connectivity index (χ1n) is 5.67. The van der Waals surface area contributed by atoms with E-state index in [-0.39, 0.29) is 0 Å². The third-order valence-corrected chi connectivity index (χ3v) is 3.29. The quantitative estimate of drug-likeness (QED) is 0.642. The number of hydrogen-bond donors (Lipinski definition) is 2. The van der Waals surface area contributed by atoms with Crippen LogP contribution in [0.25, 0.3) is 0 Å². The van der Waals surface area contributed by atoms with Crippen LogP contribution < -0.4 is 5.73 Å². The first-order chi connectivity index (χ1) is 8.19. The zero-order chi connectivity index (χ0) is 12.7. The summed E-state index contributed by atoms with van der Waals surface area (Å²) < 4.78 is 7.10. The van der Waals surface area contributed by atoms with Gasteiger partial charge in [-0.15, -0.1) is 10.2 Å². The van der Waals surface area contributed by atoms with Crippen LogP contribution in [0, 0.1) is 6.92 Å². The van der Waals surface area contributed by atoms with Gasteiger partial charge in [0, 0.05) is 25.4 Å². The van der Waals surface area contributed by atoms with Gasteiger partial charge in [0.15, 0.2) is 5.16 Å². The number of rotatable bonds is 8. The van der Waals surface area contributed by atoms with Crippen LogP contribution in [0.4, 0.5) is 0 Å². The predicted octanol–water partition coefficient (Wildman–Crippen LogP) is 0.0347. The van der Waals surface area contributed by atoms with Crippen molar-refractivity contribution >= 4 is 11.8 Å². The van der Waals surface area contributed by atoms with Crippen molar-refractivity contribution in [1.29, 1.82) is 0 Å². The minimum Gasteiger partial charge on any atom is -0.390 e. The Morgan fingerprint density at radius 2 is 2.29 bits per heavy atom. The Bertz CT molecular complexity index is 332. The monoisotopic (exact) mass is 260 g/mol. The highest BCUT2D eigenvalue weighted by Gasteiger charge is 2.11. The summed E-state index contributed by atoms with van der Waals surface area (Å²) in [4.78, 5) is 0. The predicted molar refractivity (Wildman–Crippen MR) is 67.0 cm³/mol. The third kappa shape index (κ3) is 4.63. The van der Waals surface area contributed by atoms with Gasteiger partial charge in [-0.1, -0.05) is 11.8 Å². The molecule has 0 aliphatic rings. The van der Waals surface area contributed by atoms with Crippen molar-refractivity contribution in [2.45, 2.75) is 31.7 Å². The minimum atomic E-state index is -0.483. The van der Waals surface area contributed by atoms with Gasteiger partial charge in [0.25, 0.3) is 0 Å². The van der Waals surface area contributed by atoms with E-state index in [1.807, 2.05) is 18.4 Å². The summed E-state index contributed by atoms with van der Waals surface area (Å²) in [6.07, 6.45) is -0.483. The van der Waals surface area contributed by atoms with Crippen molar-refractivity contribution in [1.82, 2.24) is 14.8 Å². The molecule has 1 atom stereocenters. The van der Waals surface area contributed by atoms with Crippen molar-refractivity contribution in [3.8, 4) is 0 Å². The molecule has 0 aliphatic heterocycles. The third-order valence-electron chi connectivity index (χ3n) is 2.17. The maximum Gasteiger partial charge on any atom is 0.191 e. The van der Waals surface area contributed by atoms with E-state index in [0.29, 0.717) is 32.1 Å². The number of thioether (sulfide) groups is 1. The molecular weight excluding hydrogens is 240 g/mol. The average Bonchev–Trinajstić information content (AvgIpc) is 2.66. The molecule has 1 heterocycles. The molecule has 0 spiro atoms. The number of aryl methyl sites for hydroxylation is 1. The Kier molecular flexibility index (Phi) is 6.49. The van der Waals surface area contributed by atoms with E-state index in [9.17, 15) is 5.11 Å². The summed E-state index contributed by atoms with van der Waals surface area (Å²) >= 11 is 1.47. The minimum absolute atomic E-state index is 0.355. The number of aliphatic hydroxyl groups is 1. The van der Waals surface area contributed by atoms with Crippen LogP contribution in [0.2, 0.25) is 0 Å². The molecule has 0 radical (unpaired) electrons. The molecule has 3 N–H and O–H groups in total. The zero-order valence-corrected chi connectivity index (χ0v) is 11.1. The number of aliphatic hydroxyl groups excluding tert-OH is 1. The molecule has 0 amide bonds. The topological polar surface area (TPSA) is 86.2 Å². The summed E-state index contributed by atoms with van der Waals surface area (Å²) in [5.41, 5.74) is 5.52. The standard InChI is InChI=1S/C10H20N4O2S/c1-3-16-6-9(15)7-17-10-13-12-8(2)14(10)5-4-11/h9,15H,3-7,11H2,1-2H3.